The maximum absolute atomic E-state index is 13.2. The lowest BCUT2D eigenvalue weighted by atomic mass is 9.51. The number of aliphatic hydroxyl groups excluding tert-OH is 1. The van der Waals surface area contributed by atoms with Crippen molar-refractivity contribution in [2.75, 3.05) is 13.1 Å². The number of hydrogen-bond acceptors (Lipinski definition) is 5. The van der Waals surface area contributed by atoms with Crippen molar-refractivity contribution < 1.29 is 14.7 Å². The van der Waals surface area contributed by atoms with Gasteiger partial charge in [-0.3, -0.25) is 9.59 Å². The molecule has 3 aliphatic rings. The Hall–Kier alpha value is -2.02. The molecule has 2 aliphatic carbocycles. The van der Waals surface area contributed by atoms with Crippen molar-refractivity contribution in [3.63, 3.8) is 0 Å². The SMILES string of the molecule is C[C@H]1[C@@H]2[C@@H](O)[C@@H]([C@H](C)C(=O)N3CCCCC3)CC[C@@]2(C)CC[C@@H]1NC(=O)c1cncnc1. The van der Waals surface area contributed by atoms with Crippen LogP contribution in [0.4, 0.5) is 0 Å². The van der Waals surface area contributed by atoms with Crippen LogP contribution in [0.25, 0.3) is 0 Å². The van der Waals surface area contributed by atoms with Crippen molar-refractivity contribution in [1.29, 1.82) is 0 Å². The molecule has 4 rings (SSSR count). The highest BCUT2D eigenvalue weighted by atomic mass is 16.3. The van der Waals surface area contributed by atoms with Crippen molar-refractivity contribution >= 4 is 11.8 Å². The first kappa shape index (κ1) is 23.1. The molecule has 7 nitrogen and oxygen atoms in total. The third-order valence-corrected chi connectivity index (χ3v) is 8.73. The van der Waals surface area contributed by atoms with E-state index in [4.69, 9.17) is 0 Å². The van der Waals surface area contributed by atoms with Crippen LogP contribution in [0.1, 0.15) is 76.1 Å². The van der Waals surface area contributed by atoms with Crippen molar-refractivity contribution in [3.8, 4) is 0 Å². The maximum atomic E-state index is 13.2. The summed E-state index contributed by atoms with van der Waals surface area (Å²) in [6.45, 7) is 8.14. The van der Waals surface area contributed by atoms with Gasteiger partial charge in [0.1, 0.15) is 6.33 Å². The Morgan fingerprint density at radius 3 is 2.50 bits per heavy atom. The van der Waals surface area contributed by atoms with Crippen LogP contribution in [-0.2, 0) is 4.79 Å². The summed E-state index contributed by atoms with van der Waals surface area (Å²) < 4.78 is 0. The number of carbonyl (C=O) groups excluding carboxylic acids is 2. The molecule has 176 valence electrons. The van der Waals surface area contributed by atoms with Gasteiger partial charge in [0.2, 0.25) is 5.91 Å². The number of piperidine rings is 1. The Kier molecular flexibility index (Phi) is 6.84. The largest absolute Gasteiger partial charge is 0.392 e. The van der Waals surface area contributed by atoms with E-state index in [1.165, 1.54) is 25.1 Å². The number of nitrogens with one attached hydrogen (secondary N) is 1. The van der Waals surface area contributed by atoms with E-state index < -0.39 is 6.10 Å². The predicted octanol–water partition coefficient (Wildman–Crippen LogP) is 3.05. The van der Waals surface area contributed by atoms with E-state index in [1.807, 2.05) is 11.8 Å². The zero-order valence-corrected chi connectivity index (χ0v) is 19.7. The fraction of sp³-hybridized carbons (Fsp3) is 0.760. The second-order valence-corrected chi connectivity index (χ2v) is 10.7. The maximum Gasteiger partial charge on any atom is 0.254 e. The fourth-order valence-electron chi connectivity index (χ4n) is 6.75. The molecule has 1 aliphatic heterocycles. The number of rotatable bonds is 4. The minimum absolute atomic E-state index is 0.0118. The number of nitrogens with zero attached hydrogens (tertiary/aromatic N) is 3. The second kappa shape index (κ2) is 9.46. The predicted molar refractivity (Wildman–Crippen MR) is 122 cm³/mol. The van der Waals surface area contributed by atoms with Crippen LogP contribution in [-0.4, -0.2) is 57.0 Å². The van der Waals surface area contributed by atoms with Crippen LogP contribution in [0.15, 0.2) is 18.7 Å². The van der Waals surface area contributed by atoms with Crippen LogP contribution >= 0.6 is 0 Å². The molecule has 32 heavy (non-hydrogen) atoms. The number of likely N-dealkylation sites (tertiary alicyclic amines) is 1. The molecular weight excluding hydrogens is 404 g/mol. The first-order valence-corrected chi connectivity index (χ1v) is 12.3. The zero-order chi connectivity index (χ0) is 22.9. The molecule has 3 fully saturated rings. The van der Waals surface area contributed by atoms with Gasteiger partial charge >= 0.3 is 0 Å². The Bertz CT molecular complexity index is 813. The topological polar surface area (TPSA) is 95.4 Å². The van der Waals surface area contributed by atoms with Gasteiger partial charge in [-0.2, -0.15) is 0 Å². The summed E-state index contributed by atoms with van der Waals surface area (Å²) in [5.74, 6) is 0.0239. The summed E-state index contributed by atoms with van der Waals surface area (Å²) >= 11 is 0. The molecule has 7 atom stereocenters. The van der Waals surface area contributed by atoms with Crippen molar-refractivity contribution in [1.82, 2.24) is 20.2 Å². The molecule has 0 spiro atoms. The van der Waals surface area contributed by atoms with Crippen LogP contribution in [0.3, 0.4) is 0 Å². The highest BCUT2D eigenvalue weighted by Gasteiger charge is 2.54. The molecule has 1 saturated heterocycles. The van der Waals surface area contributed by atoms with Gasteiger partial charge in [0, 0.05) is 37.4 Å². The van der Waals surface area contributed by atoms with Crippen LogP contribution in [0.2, 0.25) is 0 Å². The van der Waals surface area contributed by atoms with E-state index in [9.17, 15) is 14.7 Å². The monoisotopic (exact) mass is 442 g/mol. The van der Waals surface area contributed by atoms with Gasteiger partial charge in [-0.25, -0.2) is 9.97 Å². The third kappa shape index (κ3) is 4.41. The molecule has 0 aromatic carbocycles. The number of hydrogen-bond donors (Lipinski definition) is 2. The van der Waals surface area contributed by atoms with E-state index in [2.05, 4.69) is 29.1 Å². The number of aliphatic hydroxyl groups is 1. The molecule has 0 unspecified atom stereocenters. The van der Waals surface area contributed by atoms with Gasteiger partial charge in [0.15, 0.2) is 0 Å². The lowest BCUT2D eigenvalue weighted by Crippen LogP contribution is -2.58. The van der Waals surface area contributed by atoms with Crippen LogP contribution < -0.4 is 5.32 Å². The Morgan fingerprint density at radius 2 is 1.81 bits per heavy atom. The van der Waals surface area contributed by atoms with Crippen molar-refractivity contribution in [2.24, 2.45) is 29.1 Å². The molecule has 2 N–H and O–H groups in total. The summed E-state index contributed by atoms with van der Waals surface area (Å²) in [5, 5.41) is 14.8. The lowest BCUT2D eigenvalue weighted by molar-refractivity contribution is -0.150. The van der Waals surface area contributed by atoms with Gasteiger partial charge in [-0.05, 0) is 68.1 Å². The molecule has 0 radical (unpaired) electrons. The normalized spacial score (nSPS) is 36.1. The standard InChI is InChI=1S/C25H38N4O3/c1-16(24(32)29-11-5-4-6-12-29)19-7-9-25(3)10-8-20(17(2)21(25)22(19)30)28-23(31)18-13-26-15-27-14-18/h13-17,19-22,30H,4-12H2,1-3H3,(H,28,31)/t16-,17+,19+,20-,21+,22-,25-/m0/s1. The van der Waals surface area contributed by atoms with E-state index >= 15 is 0 Å². The number of fused-ring (bicyclic) bond motifs is 1. The molecule has 1 aromatic heterocycles. The first-order valence-electron chi connectivity index (χ1n) is 12.3. The van der Waals surface area contributed by atoms with E-state index in [0.29, 0.717) is 5.56 Å². The summed E-state index contributed by atoms with van der Waals surface area (Å²) in [4.78, 5) is 35.8. The van der Waals surface area contributed by atoms with E-state index in [-0.39, 0.29) is 46.9 Å². The van der Waals surface area contributed by atoms with Gasteiger partial charge in [-0.15, -0.1) is 0 Å². The summed E-state index contributed by atoms with van der Waals surface area (Å²) in [6.07, 6.45) is 11.1. The van der Waals surface area contributed by atoms with Crippen molar-refractivity contribution in [3.05, 3.63) is 24.3 Å². The average molecular weight is 443 g/mol. The Morgan fingerprint density at radius 1 is 1.16 bits per heavy atom. The van der Waals surface area contributed by atoms with Crippen LogP contribution in [0.5, 0.6) is 0 Å². The van der Waals surface area contributed by atoms with Gasteiger partial charge in [0.25, 0.3) is 5.91 Å². The Labute approximate surface area is 191 Å². The molecule has 1 aromatic rings. The van der Waals surface area contributed by atoms with Gasteiger partial charge in [-0.1, -0.05) is 20.8 Å². The second-order valence-electron chi connectivity index (χ2n) is 10.7. The lowest BCUT2D eigenvalue weighted by Gasteiger charge is -2.56. The highest BCUT2D eigenvalue weighted by Crippen LogP contribution is 2.55. The average Bonchev–Trinajstić information content (AvgIpc) is 2.81. The zero-order valence-electron chi connectivity index (χ0n) is 19.7. The van der Waals surface area contributed by atoms with E-state index in [0.717, 1.165) is 51.6 Å². The molecule has 7 heteroatoms. The minimum atomic E-state index is -0.535. The van der Waals surface area contributed by atoms with Gasteiger partial charge < -0.3 is 15.3 Å². The summed E-state index contributed by atoms with van der Waals surface area (Å²) in [6, 6.07) is -0.0118. The minimum Gasteiger partial charge on any atom is -0.392 e. The van der Waals surface area contributed by atoms with Gasteiger partial charge in [0.05, 0.1) is 11.7 Å². The molecule has 2 amide bonds. The third-order valence-electron chi connectivity index (χ3n) is 8.73. The highest BCUT2D eigenvalue weighted by molar-refractivity contribution is 5.93. The number of amides is 2. The number of carbonyl (C=O) groups is 2. The quantitative estimate of drug-likeness (QED) is 0.747. The summed E-state index contributed by atoms with van der Waals surface area (Å²) in [5.41, 5.74) is 0.496. The molecule has 2 saturated carbocycles. The van der Waals surface area contributed by atoms with Crippen molar-refractivity contribution in [2.45, 2.75) is 77.9 Å². The molecular formula is C25H38N4O3. The first-order chi connectivity index (χ1) is 15.3. The molecule has 2 heterocycles. The molecule has 0 bridgehead atoms. The smallest absolute Gasteiger partial charge is 0.254 e. The summed E-state index contributed by atoms with van der Waals surface area (Å²) in [7, 11) is 0. The van der Waals surface area contributed by atoms with Crippen LogP contribution in [0, 0.1) is 29.1 Å². The Balaban J connectivity index is 1.47. The fourth-order valence-corrected chi connectivity index (χ4v) is 6.75. The van der Waals surface area contributed by atoms with E-state index in [1.54, 1.807) is 0 Å². The number of aromatic nitrogens is 2.